The van der Waals surface area contributed by atoms with Crippen molar-refractivity contribution in [2.75, 3.05) is 0 Å². The third-order valence-electron chi connectivity index (χ3n) is 7.87. The van der Waals surface area contributed by atoms with Crippen LogP contribution in [0.5, 0.6) is 11.5 Å². The summed E-state index contributed by atoms with van der Waals surface area (Å²) in [6, 6.07) is 0. The van der Waals surface area contributed by atoms with E-state index in [9.17, 15) is 5.11 Å². The van der Waals surface area contributed by atoms with Crippen LogP contribution in [0.15, 0.2) is 0 Å². The van der Waals surface area contributed by atoms with E-state index in [1.54, 1.807) is 0 Å². The van der Waals surface area contributed by atoms with Gasteiger partial charge >= 0.3 is 29.6 Å². The molecule has 1 aromatic rings. The van der Waals surface area contributed by atoms with Crippen LogP contribution in [0, 0.1) is 38.5 Å². The Hall–Kier alpha value is -0.710. The van der Waals surface area contributed by atoms with Gasteiger partial charge in [-0.1, -0.05) is 72.6 Å². The Labute approximate surface area is 244 Å². The molecule has 1 heterocycles. The number of aromatic hydroxyl groups is 1. The van der Waals surface area contributed by atoms with E-state index in [2.05, 4.69) is 41.5 Å². The summed E-state index contributed by atoms with van der Waals surface area (Å²) in [4.78, 5) is 8.89. The first-order valence-electron chi connectivity index (χ1n) is 14.0. The molecule has 0 aromatic heterocycles. The number of hydrogen-bond donors (Lipinski definition) is 1. The molecule has 1 aromatic carbocycles. The van der Waals surface area contributed by atoms with E-state index in [4.69, 9.17) is 14.6 Å². The molecule has 2 rings (SSSR count). The minimum atomic E-state index is -1.08. The van der Waals surface area contributed by atoms with E-state index in [1.165, 1.54) is 56.9 Å². The Morgan fingerprint density at radius 3 is 1.89 bits per heavy atom. The van der Waals surface area contributed by atoms with Crippen molar-refractivity contribution in [3.05, 3.63) is 22.3 Å². The minimum absolute atomic E-state index is 0. The van der Waals surface area contributed by atoms with Crippen LogP contribution in [-0.4, -0.2) is 16.7 Å². The Morgan fingerprint density at radius 1 is 0.917 bits per heavy atom. The first-order valence-corrected chi connectivity index (χ1v) is 14.0. The number of ether oxygens (including phenoxy) is 1. The molecule has 2 unspecified atom stereocenters. The molecule has 36 heavy (non-hydrogen) atoms. The van der Waals surface area contributed by atoms with E-state index >= 15 is 0 Å². The predicted molar refractivity (Wildman–Crippen MR) is 145 cm³/mol. The van der Waals surface area contributed by atoms with Gasteiger partial charge in [0.2, 0.25) is 0 Å². The molecular weight excluding hydrogens is 459 g/mol. The van der Waals surface area contributed by atoms with Gasteiger partial charge in [0.15, 0.2) is 0 Å². The fraction of sp³-hybridized carbons (Fsp3) is 0.774. The number of carbonyl (C=O) groups excluding carboxylic acids is 1. The Bertz CT molecular complexity index is 801. The van der Waals surface area contributed by atoms with Crippen LogP contribution in [0.25, 0.3) is 0 Å². The number of carboxylic acid groups (broad SMARTS) is 1. The third-order valence-corrected chi connectivity index (χ3v) is 7.87. The van der Waals surface area contributed by atoms with Gasteiger partial charge in [0.1, 0.15) is 17.1 Å². The topological polar surface area (TPSA) is 69.6 Å². The largest absolute Gasteiger partial charge is 1.00 e. The zero-order chi connectivity index (χ0) is 26.8. The number of hydrogen-bond acceptors (Lipinski definition) is 4. The summed E-state index contributed by atoms with van der Waals surface area (Å²) in [5.41, 5.74) is 4.23. The average Bonchev–Trinajstić information content (AvgIpc) is 2.75. The molecular formula is C31H53NaO4. The summed E-state index contributed by atoms with van der Waals surface area (Å²) in [5, 5.41) is 19.3. The summed E-state index contributed by atoms with van der Waals surface area (Å²) < 4.78 is 6.60. The maximum Gasteiger partial charge on any atom is 1.00 e. The van der Waals surface area contributed by atoms with Crippen molar-refractivity contribution in [2.45, 2.75) is 139 Å². The minimum Gasteiger partial charge on any atom is -0.550 e. The maximum atomic E-state index is 10.4. The molecule has 1 N–H and O–H groups in total. The molecule has 1 aliphatic heterocycles. The molecule has 202 valence electrons. The second-order valence-electron chi connectivity index (χ2n) is 11.9. The summed E-state index contributed by atoms with van der Waals surface area (Å²) in [6.07, 6.45) is 14.1. The molecule has 5 heteroatoms. The fourth-order valence-corrected chi connectivity index (χ4v) is 5.27. The van der Waals surface area contributed by atoms with E-state index in [0.717, 1.165) is 66.4 Å². The van der Waals surface area contributed by atoms with E-state index in [-0.39, 0.29) is 35.2 Å². The van der Waals surface area contributed by atoms with Crippen LogP contribution in [0.1, 0.15) is 128 Å². The summed E-state index contributed by atoms with van der Waals surface area (Å²) in [7, 11) is 0. The number of rotatable bonds is 12. The smallest absolute Gasteiger partial charge is 0.550 e. The SMILES string of the molecule is CC(=O)[O-].Cc1c(C)c2c(c(C)c1O)CC[C@@](C)(CCCC(C)CCCC(C)CCCC(C)C)O2.[Na+]. The van der Waals surface area contributed by atoms with Crippen molar-refractivity contribution >= 4 is 5.97 Å². The Balaban J connectivity index is 0.00000227. The number of carboxylic acids is 1. The van der Waals surface area contributed by atoms with Gasteiger partial charge in [0, 0.05) is 11.5 Å². The van der Waals surface area contributed by atoms with Crippen molar-refractivity contribution in [1.82, 2.24) is 0 Å². The number of aliphatic carboxylic acids is 1. The number of phenols is 1. The van der Waals surface area contributed by atoms with Crippen molar-refractivity contribution in [2.24, 2.45) is 17.8 Å². The summed E-state index contributed by atoms with van der Waals surface area (Å²) in [6.45, 7) is 18.9. The van der Waals surface area contributed by atoms with Gasteiger partial charge in [-0.05, 0) is 94.7 Å². The Morgan fingerprint density at radius 2 is 1.39 bits per heavy atom. The monoisotopic (exact) mass is 512 g/mol. The second kappa shape index (κ2) is 17.0. The van der Waals surface area contributed by atoms with Crippen molar-refractivity contribution in [1.29, 1.82) is 0 Å². The molecule has 0 saturated heterocycles. The number of fused-ring (bicyclic) bond motifs is 1. The number of phenolic OH excluding ortho intramolecular Hbond substituents is 1. The molecule has 0 saturated carbocycles. The van der Waals surface area contributed by atoms with Gasteiger partial charge in [0.25, 0.3) is 0 Å². The van der Waals surface area contributed by atoms with Crippen molar-refractivity contribution in [3.8, 4) is 11.5 Å². The van der Waals surface area contributed by atoms with Gasteiger partial charge in [-0.25, -0.2) is 0 Å². The van der Waals surface area contributed by atoms with Crippen LogP contribution >= 0.6 is 0 Å². The van der Waals surface area contributed by atoms with Crippen LogP contribution < -0.4 is 39.4 Å². The number of benzene rings is 1. The van der Waals surface area contributed by atoms with Crippen LogP contribution in [0.4, 0.5) is 0 Å². The number of carbonyl (C=O) groups is 1. The first-order chi connectivity index (χ1) is 16.3. The van der Waals surface area contributed by atoms with E-state index in [1.807, 2.05) is 13.8 Å². The molecule has 0 fully saturated rings. The molecule has 0 radical (unpaired) electrons. The van der Waals surface area contributed by atoms with Crippen molar-refractivity contribution < 1.29 is 49.3 Å². The quantitative estimate of drug-likeness (QED) is 0.416. The van der Waals surface area contributed by atoms with E-state index in [0.29, 0.717) is 5.75 Å². The second-order valence-corrected chi connectivity index (χ2v) is 11.9. The molecule has 1 aliphatic rings. The van der Waals surface area contributed by atoms with Gasteiger partial charge in [-0.15, -0.1) is 0 Å². The van der Waals surface area contributed by atoms with Gasteiger partial charge in [-0.2, -0.15) is 0 Å². The fourth-order valence-electron chi connectivity index (χ4n) is 5.27. The van der Waals surface area contributed by atoms with Crippen LogP contribution in [0.2, 0.25) is 0 Å². The third kappa shape index (κ3) is 12.2. The van der Waals surface area contributed by atoms with E-state index < -0.39 is 5.97 Å². The van der Waals surface area contributed by atoms with Crippen molar-refractivity contribution in [3.63, 3.8) is 0 Å². The molecule has 3 atom stereocenters. The molecule has 4 nitrogen and oxygen atoms in total. The maximum absolute atomic E-state index is 10.4. The average molecular weight is 513 g/mol. The van der Waals surface area contributed by atoms with Crippen LogP contribution in [0.3, 0.4) is 0 Å². The summed E-state index contributed by atoms with van der Waals surface area (Å²) >= 11 is 0. The van der Waals surface area contributed by atoms with Gasteiger partial charge in [-0.3, -0.25) is 0 Å². The predicted octanol–water partition coefficient (Wildman–Crippen LogP) is 4.60. The summed E-state index contributed by atoms with van der Waals surface area (Å²) in [5.74, 6) is 2.95. The molecule has 0 spiro atoms. The molecule has 0 bridgehead atoms. The van der Waals surface area contributed by atoms with Crippen LogP contribution in [-0.2, 0) is 11.2 Å². The van der Waals surface area contributed by atoms with Gasteiger partial charge < -0.3 is 19.7 Å². The normalized spacial score (nSPS) is 18.3. The zero-order valence-electron chi connectivity index (χ0n) is 25.2. The molecule has 0 amide bonds. The standard InChI is InChI=1S/C29H50O2.C2H4O2.Na/c1-20(2)12-9-13-21(3)14-10-15-22(4)16-11-18-29(8)19-17-26-25(7)27(30)23(5)24(6)28(26)31-29;1-2(3)4;/h20-22,30H,9-19H2,1-8H3;1H3,(H,3,4);/q;;+1/p-1/t21?,22?,29-;;/m1../s1. The first kappa shape index (κ1) is 35.3. The Kier molecular flexibility index (Phi) is 16.7. The zero-order valence-corrected chi connectivity index (χ0v) is 27.2. The van der Waals surface area contributed by atoms with Gasteiger partial charge in [0.05, 0.1) is 0 Å². The molecule has 0 aliphatic carbocycles.